The molecule has 0 aliphatic carbocycles. The Hall–Kier alpha value is -3.39. The molecule has 41 heavy (non-hydrogen) atoms. The van der Waals surface area contributed by atoms with Gasteiger partial charge in [-0.1, -0.05) is 0 Å². The number of non-ortho nitro benzene ring substituents is 1. The number of esters is 2. The molecule has 0 aromatic heterocycles. The summed E-state index contributed by atoms with van der Waals surface area (Å²) < 4.78 is 46.1. The van der Waals surface area contributed by atoms with E-state index in [2.05, 4.69) is 4.99 Å². The molecule has 1 aromatic rings. The molecule has 14 heteroatoms. The third-order valence-corrected chi connectivity index (χ3v) is 6.03. The van der Waals surface area contributed by atoms with Gasteiger partial charge in [-0.3, -0.25) is 19.1 Å². The fourth-order valence-corrected chi connectivity index (χ4v) is 4.07. The third-order valence-electron chi connectivity index (χ3n) is 4.71. The Balaban J connectivity index is 3.15. The summed E-state index contributed by atoms with van der Waals surface area (Å²) in [6, 6.07) is 4.18. The van der Waals surface area contributed by atoms with Gasteiger partial charge in [-0.2, -0.15) is 13.4 Å². The van der Waals surface area contributed by atoms with Crippen LogP contribution in [0.15, 0.2) is 34.2 Å². The van der Waals surface area contributed by atoms with Gasteiger partial charge in [0.1, 0.15) is 22.5 Å². The number of benzene rings is 1. The number of rotatable bonds is 11. The molecule has 0 aliphatic rings. The number of aliphatic imine (C=N–C) groups is 1. The molecule has 0 fully saturated rings. The lowest BCUT2D eigenvalue weighted by molar-refractivity contribution is -0.384. The molecule has 1 amide bonds. The fraction of sp³-hybridized carbons (Fsp3) is 0.630. The smallest absolute Gasteiger partial charge is 0.434 e. The maximum atomic E-state index is 13.1. The predicted molar refractivity (Wildman–Crippen MR) is 149 cm³/mol. The van der Waals surface area contributed by atoms with Crippen molar-refractivity contribution in [3.05, 3.63) is 34.4 Å². The summed E-state index contributed by atoms with van der Waals surface area (Å²) in [7, 11) is -4.24. The number of nitro benzene ring substituents is 1. The minimum Gasteiger partial charge on any atom is -0.460 e. The molecule has 0 radical (unpaired) electrons. The van der Waals surface area contributed by atoms with Gasteiger partial charge in [0.15, 0.2) is 0 Å². The van der Waals surface area contributed by atoms with Gasteiger partial charge in [-0.15, -0.1) is 0 Å². The molecule has 0 saturated carbocycles. The Bertz CT molecular complexity index is 1230. The highest BCUT2D eigenvalue weighted by Gasteiger charge is 2.32. The molecule has 230 valence electrons. The van der Waals surface area contributed by atoms with E-state index < -0.39 is 55.8 Å². The summed E-state index contributed by atoms with van der Waals surface area (Å²) in [6.07, 6.45) is -1.36. The maximum Gasteiger partial charge on any atom is 0.434 e. The number of carbonyl (C=O) groups is 3. The van der Waals surface area contributed by atoms with Crippen molar-refractivity contribution in [3.8, 4) is 0 Å². The zero-order chi connectivity index (χ0) is 31.8. The zero-order valence-electron chi connectivity index (χ0n) is 25.0. The molecule has 0 heterocycles. The van der Waals surface area contributed by atoms with E-state index in [4.69, 9.17) is 18.4 Å². The van der Waals surface area contributed by atoms with E-state index in [0.717, 1.165) is 24.3 Å². The first-order valence-corrected chi connectivity index (χ1v) is 14.3. The molecule has 1 atom stereocenters. The Labute approximate surface area is 240 Å². The molecule has 0 bridgehead atoms. The van der Waals surface area contributed by atoms with Crippen molar-refractivity contribution in [2.75, 3.05) is 6.61 Å². The third kappa shape index (κ3) is 14.2. The zero-order valence-corrected chi connectivity index (χ0v) is 25.8. The number of hydrogen-bond donors (Lipinski definition) is 0. The minimum atomic E-state index is -4.24. The molecule has 0 N–H and O–H groups in total. The van der Waals surface area contributed by atoms with Gasteiger partial charge in [0.25, 0.3) is 15.8 Å². The lowest BCUT2D eigenvalue weighted by Gasteiger charge is -2.25. The van der Waals surface area contributed by atoms with Gasteiger partial charge < -0.3 is 14.2 Å². The van der Waals surface area contributed by atoms with Crippen molar-refractivity contribution in [1.29, 1.82) is 0 Å². The summed E-state index contributed by atoms with van der Waals surface area (Å²) in [5, 5.41) is 10.8. The summed E-state index contributed by atoms with van der Waals surface area (Å²) in [6.45, 7) is 14.4. The van der Waals surface area contributed by atoms with E-state index in [-0.39, 0.29) is 42.2 Å². The van der Waals surface area contributed by atoms with Crippen LogP contribution in [0.2, 0.25) is 0 Å². The maximum absolute atomic E-state index is 13.1. The van der Waals surface area contributed by atoms with E-state index in [0.29, 0.717) is 0 Å². The average Bonchev–Trinajstić information content (AvgIpc) is 2.76. The summed E-state index contributed by atoms with van der Waals surface area (Å²) >= 11 is 0. The summed E-state index contributed by atoms with van der Waals surface area (Å²) in [5.74, 6) is -2.64. The summed E-state index contributed by atoms with van der Waals surface area (Å²) in [5.41, 5.74) is -3.33. The quantitative estimate of drug-likeness (QED) is 0.0624. The van der Waals surface area contributed by atoms with Crippen molar-refractivity contribution in [1.82, 2.24) is 0 Å². The highest BCUT2D eigenvalue weighted by molar-refractivity contribution is 7.86. The van der Waals surface area contributed by atoms with Crippen LogP contribution in [0, 0.1) is 16.0 Å². The molecule has 1 aromatic carbocycles. The number of nitrogens with zero attached hydrogens (tertiary/aromatic N) is 2. The molecule has 0 unspecified atom stereocenters. The first kappa shape index (κ1) is 35.6. The lowest BCUT2D eigenvalue weighted by Crippen LogP contribution is -2.34. The molecule has 1 rings (SSSR count). The Morgan fingerprint density at radius 3 is 1.85 bits per heavy atom. The molecule has 13 nitrogen and oxygen atoms in total. The van der Waals surface area contributed by atoms with Gasteiger partial charge in [0.05, 0.1) is 22.3 Å². The second-order valence-electron chi connectivity index (χ2n) is 12.1. The first-order valence-electron chi connectivity index (χ1n) is 12.9. The van der Waals surface area contributed by atoms with Crippen LogP contribution in [-0.2, 0) is 38.1 Å². The minimum absolute atomic E-state index is 0.000825. The van der Waals surface area contributed by atoms with Gasteiger partial charge in [0.2, 0.25) is 0 Å². The van der Waals surface area contributed by atoms with Crippen molar-refractivity contribution >= 4 is 39.5 Å². The van der Waals surface area contributed by atoms with Crippen LogP contribution >= 0.6 is 0 Å². The van der Waals surface area contributed by atoms with Crippen molar-refractivity contribution in [3.63, 3.8) is 0 Å². The van der Waals surface area contributed by atoms with Crippen molar-refractivity contribution < 1.29 is 46.1 Å². The normalized spacial score (nSPS) is 13.7. The van der Waals surface area contributed by atoms with Crippen LogP contribution in [0.3, 0.4) is 0 Å². The Morgan fingerprint density at radius 2 is 1.39 bits per heavy atom. The molecule has 0 spiro atoms. The van der Waals surface area contributed by atoms with Crippen LogP contribution in [0.25, 0.3) is 0 Å². The SMILES string of the molecule is CC(C)(C)OC(=O)/N=C(/C[C@H](CCCOS(=O)(=O)c1ccc([N+](=O)[O-])cc1)C(=O)OC(C)(C)C)C(=O)OC(C)(C)C. The lowest BCUT2D eigenvalue weighted by atomic mass is 9.96. The predicted octanol–water partition coefficient (Wildman–Crippen LogP) is 5.15. The topological polar surface area (TPSA) is 178 Å². The Morgan fingerprint density at radius 1 is 0.878 bits per heavy atom. The van der Waals surface area contributed by atoms with Crippen LogP contribution in [0.1, 0.15) is 81.6 Å². The molecular formula is C27H40N2O11S. The van der Waals surface area contributed by atoms with E-state index in [1.54, 1.807) is 62.3 Å². The van der Waals surface area contributed by atoms with E-state index in [9.17, 15) is 32.9 Å². The largest absolute Gasteiger partial charge is 0.460 e. The van der Waals surface area contributed by atoms with E-state index in [1.807, 2.05) is 0 Å². The van der Waals surface area contributed by atoms with Gasteiger partial charge >= 0.3 is 18.0 Å². The number of hydrogen-bond acceptors (Lipinski definition) is 11. The number of nitro groups is 1. The van der Waals surface area contributed by atoms with Crippen LogP contribution in [-0.4, -0.2) is 60.5 Å². The fourth-order valence-electron chi connectivity index (χ4n) is 3.13. The average molecular weight is 601 g/mol. The highest BCUT2D eigenvalue weighted by Crippen LogP contribution is 2.23. The van der Waals surface area contributed by atoms with E-state index in [1.165, 1.54) is 0 Å². The van der Waals surface area contributed by atoms with Crippen LogP contribution in [0.5, 0.6) is 0 Å². The number of ether oxygens (including phenoxy) is 3. The first-order chi connectivity index (χ1) is 18.5. The van der Waals surface area contributed by atoms with Gasteiger partial charge in [-0.25, -0.2) is 9.59 Å². The molecule has 0 saturated heterocycles. The van der Waals surface area contributed by atoms with E-state index >= 15 is 0 Å². The van der Waals surface area contributed by atoms with Crippen molar-refractivity contribution in [2.45, 2.75) is 103 Å². The van der Waals surface area contributed by atoms with Crippen LogP contribution < -0.4 is 0 Å². The second-order valence-corrected chi connectivity index (χ2v) is 13.8. The Kier molecular flexibility index (Phi) is 12.2. The number of carbonyl (C=O) groups excluding carboxylic acids is 3. The highest BCUT2D eigenvalue weighted by atomic mass is 32.2. The summed E-state index contributed by atoms with van der Waals surface area (Å²) in [4.78, 5) is 52.1. The van der Waals surface area contributed by atoms with Gasteiger partial charge in [-0.05, 0) is 87.3 Å². The van der Waals surface area contributed by atoms with Gasteiger partial charge in [0, 0.05) is 18.6 Å². The molecular weight excluding hydrogens is 560 g/mol. The van der Waals surface area contributed by atoms with Crippen molar-refractivity contribution in [2.24, 2.45) is 10.9 Å². The second kappa shape index (κ2) is 14.0. The molecule has 0 aliphatic heterocycles. The van der Waals surface area contributed by atoms with Crippen LogP contribution in [0.4, 0.5) is 10.5 Å². The standard InChI is InChI=1S/C27H40N2O11S/c1-25(2,3)38-22(30)18(11-10-16-37-41(35,36)20-14-12-19(13-15-20)29(33)34)17-21(23(31)39-26(4,5)6)28-24(32)40-27(7,8)9/h12-15,18H,10-11,16-17H2,1-9H3/b28-21-/t18-/m0/s1. The number of amides is 1. The monoisotopic (exact) mass is 600 g/mol.